The number of benzene rings is 1. The number of anilines is 1. The van der Waals surface area contributed by atoms with E-state index in [9.17, 15) is 0 Å². The van der Waals surface area contributed by atoms with Crippen LogP contribution in [0.5, 0.6) is 0 Å². The van der Waals surface area contributed by atoms with Crippen LogP contribution in [0.25, 0.3) is 0 Å². The first kappa shape index (κ1) is 14.0. The van der Waals surface area contributed by atoms with Gasteiger partial charge in [0.15, 0.2) is 0 Å². The molecule has 0 spiro atoms. The maximum absolute atomic E-state index is 5.26. The number of hydrogen-bond acceptors (Lipinski definition) is 2. The normalized spacial score (nSPS) is 12.8. The van der Waals surface area contributed by atoms with Crippen molar-refractivity contribution >= 4 is 5.69 Å². The monoisotopic (exact) mass is 235 g/mol. The van der Waals surface area contributed by atoms with E-state index in [4.69, 9.17) is 4.74 Å². The summed E-state index contributed by atoms with van der Waals surface area (Å²) in [5, 5.41) is 3.56. The fraction of sp³-hybridized carbons (Fsp3) is 0.600. The van der Waals surface area contributed by atoms with Gasteiger partial charge in [0.2, 0.25) is 0 Å². The predicted molar refractivity (Wildman–Crippen MR) is 74.7 cm³/mol. The third-order valence-electron chi connectivity index (χ3n) is 3.23. The fourth-order valence-corrected chi connectivity index (χ4v) is 1.94. The van der Waals surface area contributed by atoms with Crippen LogP contribution in [-0.4, -0.2) is 19.8 Å². The Balaban J connectivity index is 2.78. The molecule has 2 nitrogen and oxygen atoms in total. The number of hydrogen-bond donors (Lipinski definition) is 1. The zero-order chi connectivity index (χ0) is 12.8. The third-order valence-corrected chi connectivity index (χ3v) is 3.23. The van der Waals surface area contributed by atoms with Gasteiger partial charge < -0.3 is 10.1 Å². The summed E-state index contributed by atoms with van der Waals surface area (Å²) >= 11 is 0. The van der Waals surface area contributed by atoms with Crippen molar-refractivity contribution in [1.82, 2.24) is 0 Å². The molecule has 0 aliphatic heterocycles. The lowest BCUT2D eigenvalue weighted by Gasteiger charge is -2.23. The second-order valence-corrected chi connectivity index (χ2v) is 4.95. The highest BCUT2D eigenvalue weighted by molar-refractivity contribution is 5.49. The van der Waals surface area contributed by atoms with Gasteiger partial charge in [-0.15, -0.1) is 0 Å². The summed E-state index contributed by atoms with van der Waals surface area (Å²) in [6.07, 6.45) is 1.08. The van der Waals surface area contributed by atoms with Crippen molar-refractivity contribution in [1.29, 1.82) is 0 Å². The Labute approximate surface area is 105 Å². The lowest BCUT2D eigenvalue weighted by molar-refractivity contribution is 0.171. The smallest absolute Gasteiger partial charge is 0.0666 e. The first-order valence-corrected chi connectivity index (χ1v) is 6.43. The lowest BCUT2D eigenvalue weighted by atomic mass is 10.0. The number of rotatable bonds is 6. The fourth-order valence-electron chi connectivity index (χ4n) is 1.94. The second-order valence-electron chi connectivity index (χ2n) is 4.95. The molecular weight excluding hydrogens is 210 g/mol. The molecule has 1 N–H and O–H groups in total. The van der Waals surface area contributed by atoms with Crippen LogP contribution in [0.4, 0.5) is 5.69 Å². The van der Waals surface area contributed by atoms with Gasteiger partial charge in [0.05, 0.1) is 12.6 Å². The Kier molecular flexibility index (Phi) is 5.49. The highest BCUT2D eigenvalue weighted by atomic mass is 16.5. The molecule has 1 aromatic rings. The van der Waals surface area contributed by atoms with E-state index in [2.05, 4.69) is 51.2 Å². The maximum Gasteiger partial charge on any atom is 0.0666 e. The number of aryl methyl sites for hydroxylation is 2. The number of methoxy groups -OCH3 is 1. The van der Waals surface area contributed by atoms with E-state index in [0.29, 0.717) is 12.0 Å². The molecule has 0 heterocycles. The van der Waals surface area contributed by atoms with Crippen LogP contribution in [-0.2, 0) is 11.2 Å². The Hall–Kier alpha value is -1.02. The Morgan fingerprint density at radius 2 is 2.00 bits per heavy atom. The van der Waals surface area contributed by atoms with E-state index in [-0.39, 0.29) is 0 Å². The molecule has 0 aromatic heterocycles. The molecule has 0 fully saturated rings. The SMILES string of the molecule is CCc1cc(NC(COC)C(C)C)ccc1C. The summed E-state index contributed by atoms with van der Waals surface area (Å²) in [4.78, 5) is 0. The summed E-state index contributed by atoms with van der Waals surface area (Å²) in [5.74, 6) is 0.557. The summed E-state index contributed by atoms with van der Waals surface area (Å²) in [5.41, 5.74) is 3.98. The summed E-state index contributed by atoms with van der Waals surface area (Å²) in [7, 11) is 1.75. The first-order chi connectivity index (χ1) is 8.08. The van der Waals surface area contributed by atoms with E-state index >= 15 is 0 Å². The summed E-state index contributed by atoms with van der Waals surface area (Å²) in [6.45, 7) is 9.53. The van der Waals surface area contributed by atoms with Crippen LogP contribution in [0.3, 0.4) is 0 Å². The van der Waals surface area contributed by atoms with Crippen molar-refractivity contribution in [3.8, 4) is 0 Å². The van der Waals surface area contributed by atoms with E-state index in [0.717, 1.165) is 13.0 Å². The van der Waals surface area contributed by atoms with E-state index in [1.807, 2.05) is 0 Å². The highest BCUT2D eigenvalue weighted by Crippen LogP contribution is 2.18. The molecule has 0 radical (unpaired) electrons. The molecule has 0 saturated carbocycles. The summed E-state index contributed by atoms with van der Waals surface area (Å²) in [6, 6.07) is 6.96. The Morgan fingerprint density at radius 3 is 2.53 bits per heavy atom. The van der Waals surface area contributed by atoms with Crippen LogP contribution in [0.2, 0.25) is 0 Å². The lowest BCUT2D eigenvalue weighted by Crippen LogP contribution is -2.30. The molecule has 1 rings (SSSR count). The largest absolute Gasteiger partial charge is 0.383 e. The molecule has 1 atom stereocenters. The minimum atomic E-state index is 0.368. The molecule has 17 heavy (non-hydrogen) atoms. The van der Waals surface area contributed by atoms with Crippen molar-refractivity contribution in [2.75, 3.05) is 19.0 Å². The molecule has 0 bridgehead atoms. The standard InChI is InChI=1S/C15H25NO/c1-6-13-9-14(8-7-12(13)4)16-15(10-17-5)11(2)3/h7-9,11,15-16H,6,10H2,1-5H3. The number of ether oxygens (including phenoxy) is 1. The van der Waals surface area contributed by atoms with Crippen molar-refractivity contribution < 1.29 is 4.74 Å². The van der Waals surface area contributed by atoms with Gasteiger partial charge in [0, 0.05) is 12.8 Å². The number of nitrogens with one attached hydrogen (secondary N) is 1. The van der Waals surface area contributed by atoms with Gasteiger partial charge in [-0.25, -0.2) is 0 Å². The van der Waals surface area contributed by atoms with Gasteiger partial charge in [-0.1, -0.05) is 26.8 Å². The van der Waals surface area contributed by atoms with Crippen molar-refractivity contribution in [2.45, 2.75) is 40.2 Å². The quantitative estimate of drug-likeness (QED) is 0.812. The second kappa shape index (κ2) is 6.65. The third kappa shape index (κ3) is 4.04. The Bertz CT molecular complexity index is 347. The molecular formula is C15H25NO. The van der Waals surface area contributed by atoms with Crippen molar-refractivity contribution in [3.05, 3.63) is 29.3 Å². The van der Waals surface area contributed by atoms with Gasteiger partial charge in [-0.3, -0.25) is 0 Å². The maximum atomic E-state index is 5.26. The Morgan fingerprint density at radius 1 is 1.29 bits per heavy atom. The molecule has 1 aromatic carbocycles. The van der Waals surface area contributed by atoms with E-state index in [1.165, 1.54) is 16.8 Å². The van der Waals surface area contributed by atoms with E-state index in [1.54, 1.807) is 7.11 Å². The molecule has 0 aliphatic rings. The van der Waals surface area contributed by atoms with Gasteiger partial charge in [0.1, 0.15) is 0 Å². The van der Waals surface area contributed by atoms with Crippen LogP contribution < -0.4 is 5.32 Å². The minimum absolute atomic E-state index is 0.368. The molecule has 0 saturated heterocycles. The molecule has 96 valence electrons. The first-order valence-electron chi connectivity index (χ1n) is 6.43. The average molecular weight is 235 g/mol. The van der Waals surface area contributed by atoms with Gasteiger partial charge >= 0.3 is 0 Å². The highest BCUT2D eigenvalue weighted by Gasteiger charge is 2.12. The topological polar surface area (TPSA) is 21.3 Å². The zero-order valence-electron chi connectivity index (χ0n) is 11.7. The molecule has 2 heteroatoms. The predicted octanol–water partition coefficient (Wildman–Crippen LogP) is 3.64. The van der Waals surface area contributed by atoms with Crippen LogP contribution in [0, 0.1) is 12.8 Å². The van der Waals surface area contributed by atoms with Crippen molar-refractivity contribution in [3.63, 3.8) is 0 Å². The molecule has 0 aliphatic carbocycles. The van der Waals surface area contributed by atoms with E-state index < -0.39 is 0 Å². The van der Waals surface area contributed by atoms with Crippen LogP contribution in [0.15, 0.2) is 18.2 Å². The summed E-state index contributed by atoms with van der Waals surface area (Å²) < 4.78 is 5.26. The van der Waals surface area contributed by atoms with Gasteiger partial charge in [-0.05, 0) is 42.5 Å². The van der Waals surface area contributed by atoms with Crippen LogP contribution in [0.1, 0.15) is 31.9 Å². The molecule has 1 unspecified atom stereocenters. The van der Waals surface area contributed by atoms with Gasteiger partial charge in [0.25, 0.3) is 0 Å². The minimum Gasteiger partial charge on any atom is -0.383 e. The van der Waals surface area contributed by atoms with Gasteiger partial charge in [-0.2, -0.15) is 0 Å². The zero-order valence-corrected chi connectivity index (χ0v) is 11.7. The average Bonchev–Trinajstić information content (AvgIpc) is 2.30. The van der Waals surface area contributed by atoms with Crippen molar-refractivity contribution in [2.24, 2.45) is 5.92 Å². The molecule has 0 amide bonds. The van der Waals surface area contributed by atoms with Crippen LogP contribution >= 0.6 is 0 Å².